The van der Waals surface area contributed by atoms with Crippen molar-refractivity contribution in [2.24, 2.45) is 5.73 Å². The van der Waals surface area contributed by atoms with Crippen molar-refractivity contribution in [1.29, 1.82) is 0 Å². The number of hydrogen-bond donors (Lipinski definition) is 1. The number of ether oxygens (including phenoxy) is 1. The van der Waals surface area contributed by atoms with Gasteiger partial charge in [-0.05, 0) is 43.3 Å². The van der Waals surface area contributed by atoms with E-state index in [4.69, 9.17) is 10.5 Å². The molecule has 0 radical (unpaired) electrons. The minimum absolute atomic E-state index is 0.703. The van der Waals surface area contributed by atoms with Gasteiger partial charge < -0.3 is 15.4 Å². The number of methoxy groups -OCH3 is 1. The highest BCUT2D eigenvalue weighted by molar-refractivity contribution is 5.49. The fourth-order valence-electron chi connectivity index (χ4n) is 2.10. The molecule has 0 unspecified atom stereocenters. The molecule has 108 valence electrons. The molecule has 0 amide bonds. The van der Waals surface area contributed by atoms with Crippen LogP contribution in [0.3, 0.4) is 0 Å². The molecule has 1 aromatic heterocycles. The topological polar surface area (TPSA) is 56.3 Å². The maximum Gasteiger partial charge on any atom is 0.119 e. The summed E-state index contributed by atoms with van der Waals surface area (Å²) in [6.07, 6.45) is 4.76. The Hall–Kier alpha value is -2.01. The van der Waals surface area contributed by atoms with Crippen molar-refractivity contribution in [3.63, 3.8) is 0 Å². The zero-order chi connectivity index (χ0) is 14.2. The van der Waals surface area contributed by atoms with Gasteiger partial charge >= 0.3 is 0 Å². The maximum atomic E-state index is 5.63. The first-order valence-electron chi connectivity index (χ1n) is 6.90. The van der Waals surface area contributed by atoms with Crippen molar-refractivity contribution in [2.75, 3.05) is 31.6 Å². The number of aromatic nitrogens is 2. The van der Waals surface area contributed by atoms with Gasteiger partial charge in [-0.3, -0.25) is 4.68 Å². The standard InChI is InChI=1S/C15H22N4O/c1-20-15-6-4-14(5-7-15)18(10-2-8-16)12-13-19-11-3-9-17-19/h3-7,9,11H,2,8,10,12-13,16H2,1H3. The summed E-state index contributed by atoms with van der Waals surface area (Å²) in [7, 11) is 1.68. The van der Waals surface area contributed by atoms with Gasteiger partial charge in [0.15, 0.2) is 0 Å². The monoisotopic (exact) mass is 274 g/mol. The Labute approximate surface area is 119 Å². The second kappa shape index (κ2) is 7.55. The van der Waals surface area contributed by atoms with Gasteiger partial charge in [0, 0.05) is 31.2 Å². The van der Waals surface area contributed by atoms with Crippen molar-refractivity contribution in [3.8, 4) is 5.75 Å². The molecule has 0 atom stereocenters. The lowest BCUT2D eigenvalue weighted by molar-refractivity contribution is 0.415. The summed E-state index contributed by atoms with van der Waals surface area (Å²) < 4.78 is 7.14. The van der Waals surface area contributed by atoms with Crippen LogP contribution in [0.15, 0.2) is 42.7 Å². The number of nitrogens with two attached hydrogens (primary N) is 1. The SMILES string of the molecule is COc1ccc(N(CCCN)CCn2cccn2)cc1. The highest BCUT2D eigenvalue weighted by Crippen LogP contribution is 2.19. The molecule has 0 bridgehead atoms. The molecule has 2 rings (SSSR count). The van der Waals surface area contributed by atoms with Crippen molar-refractivity contribution < 1.29 is 4.74 Å². The molecule has 5 heteroatoms. The van der Waals surface area contributed by atoms with Crippen LogP contribution in [0.25, 0.3) is 0 Å². The van der Waals surface area contributed by atoms with Crippen LogP contribution in [-0.2, 0) is 6.54 Å². The highest BCUT2D eigenvalue weighted by atomic mass is 16.5. The minimum Gasteiger partial charge on any atom is -0.497 e. The van der Waals surface area contributed by atoms with Crippen LogP contribution in [0.4, 0.5) is 5.69 Å². The van der Waals surface area contributed by atoms with Gasteiger partial charge in [0.2, 0.25) is 0 Å². The van der Waals surface area contributed by atoms with E-state index in [2.05, 4.69) is 22.1 Å². The smallest absolute Gasteiger partial charge is 0.119 e. The summed E-state index contributed by atoms with van der Waals surface area (Å²) in [6, 6.07) is 10.1. The zero-order valence-corrected chi connectivity index (χ0v) is 11.9. The van der Waals surface area contributed by atoms with Gasteiger partial charge in [-0.1, -0.05) is 0 Å². The molecule has 1 aromatic carbocycles. The molecular weight excluding hydrogens is 252 g/mol. The molecular formula is C15H22N4O. The Morgan fingerprint density at radius 2 is 2.05 bits per heavy atom. The van der Waals surface area contributed by atoms with Crippen LogP contribution in [-0.4, -0.2) is 36.5 Å². The fourth-order valence-corrected chi connectivity index (χ4v) is 2.10. The Kier molecular flexibility index (Phi) is 5.43. The van der Waals surface area contributed by atoms with E-state index in [0.717, 1.165) is 31.8 Å². The van der Waals surface area contributed by atoms with Crippen LogP contribution >= 0.6 is 0 Å². The molecule has 20 heavy (non-hydrogen) atoms. The molecule has 0 saturated heterocycles. The maximum absolute atomic E-state index is 5.63. The van der Waals surface area contributed by atoms with Gasteiger partial charge in [0.1, 0.15) is 5.75 Å². The number of nitrogens with zero attached hydrogens (tertiary/aromatic N) is 3. The van der Waals surface area contributed by atoms with E-state index in [0.29, 0.717) is 6.54 Å². The van der Waals surface area contributed by atoms with Gasteiger partial charge in [-0.15, -0.1) is 0 Å². The van der Waals surface area contributed by atoms with Crippen LogP contribution in [0.2, 0.25) is 0 Å². The second-order valence-corrected chi connectivity index (χ2v) is 4.60. The van der Waals surface area contributed by atoms with Crippen LogP contribution in [0, 0.1) is 0 Å². The first-order valence-corrected chi connectivity index (χ1v) is 6.90. The van der Waals surface area contributed by atoms with Crippen molar-refractivity contribution in [3.05, 3.63) is 42.7 Å². The lowest BCUT2D eigenvalue weighted by atomic mass is 10.2. The lowest BCUT2D eigenvalue weighted by Gasteiger charge is -2.25. The van der Waals surface area contributed by atoms with E-state index < -0.39 is 0 Å². The first-order chi connectivity index (χ1) is 9.83. The number of benzene rings is 1. The predicted octanol–water partition coefficient (Wildman–Crippen LogP) is 1.75. The third kappa shape index (κ3) is 3.99. The molecule has 5 nitrogen and oxygen atoms in total. The van der Waals surface area contributed by atoms with E-state index in [1.807, 2.05) is 29.1 Å². The highest BCUT2D eigenvalue weighted by Gasteiger charge is 2.06. The molecule has 0 aliphatic rings. The molecule has 0 aliphatic heterocycles. The van der Waals surface area contributed by atoms with Crippen molar-refractivity contribution in [2.45, 2.75) is 13.0 Å². The molecule has 0 spiro atoms. The largest absolute Gasteiger partial charge is 0.497 e. The Balaban J connectivity index is 2.01. The van der Waals surface area contributed by atoms with E-state index in [9.17, 15) is 0 Å². The third-order valence-electron chi connectivity index (χ3n) is 3.23. The molecule has 0 fully saturated rings. The Bertz CT molecular complexity index is 481. The van der Waals surface area contributed by atoms with Crippen LogP contribution in [0.5, 0.6) is 5.75 Å². The average molecular weight is 274 g/mol. The fraction of sp³-hybridized carbons (Fsp3) is 0.400. The third-order valence-corrected chi connectivity index (χ3v) is 3.23. The molecule has 0 saturated carbocycles. The van der Waals surface area contributed by atoms with Crippen molar-refractivity contribution >= 4 is 5.69 Å². The van der Waals surface area contributed by atoms with Crippen LogP contribution < -0.4 is 15.4 Å². The Morgan fingerprint density at radius 3 is 2.65 bits per heavy atom. The van der Waals surface area contributed by atoms with Gasteiger partial charge in [0.25, 0.3) is 0 Å². The quantitative estimate of drug-likeness (QED) is 0.796. The molecule has 2 N–H and O–H groups in total. The summed E-state index contributed by atoms with van der Waals surface area (Å²) in [5.74, 6) is 0.875. The van der Waals surface area contributed by atoms with Crippen LogP contribution in [0.1, 0.15) is 6.42 Å². The van der Waals surface area contributed by atoms with Gasteiger partial charge in [-0.25, -0.2) is 0 Å². The number of hydrogen-bond acceptors (Lipinski definition) is 4. The number of rotatable bonds is 8. The summed E-state index contributed by atoms with van der Waals surface area (Å²) in [5, 5.41) is 4.23. The summed E-state index contributed by atoms with van der Waals surface area (Å²) in [4.78, 5) is 2.33. The summed E-state index contributed by atoms with van der Waals surface area (Å²) >= 11 is 0. The second-order valence-electron chi connectivity index (χ2n) is 4.60. The lowest BCUT2D eigenvalue weighted by Crippen LogP contribution is -2.29. The number of anilines is 1. The van der Waals surface area contributed by atoms with Gasteiger partial charge in [-0.2, -0.15) is 5.10 Å². The zero-order valence-electron chi connectivity index (χ0n) is 11.9. The minimum atomic E-state index is 0.703. The van der Waals surface area contributed by atoms with E-state index in [1.165, 1.54) is 5.69 Å². The van der Waals surface area contributed by atoms with E-state index in [-0.39, 0.29) is 0 Å². The van der Waals surface area contributed by atoms with E-state index >= 15 is 0 Å². The predicted molar refractivity (Wildman–Crippen MR) is 81.1 cm³/mol. The molecule has 2 aromatic rings. The summed E-state index contributed by atoms with van der Waals surface area (Å²) in [6.45, 7) is 3.43. The summed E-state index contributed by atoms with van der Waals surface area (Å²) in [5.41, 5.74) is 6.81. The normalized spacial score (nSPS) is 10.5. The molecule has 0 aliphatic carbocycles. The molecule has 1 heterocycles. The average Bonchev–Trinajstić information content (AvgIpc) is 3.01. The van der Waals surface area contributed by atoms with Gasteiger partial charge in [0.05, 0.1) is 13.7 Å². The van der Waals surface area contributed by atoms with Crippen molar-refractivity contribution in [1.82, 2.24) is 9.78 Å². The first kappa shape index (κ1) is 14.4. The van der Waals surface area contributed by atoms with E-state index in [1.54, 1.807) is 13.3 Å². The Morgan fingerprint density at radius 1 is 1.25 bits per heavy atom.